The first-order valence-corrected chi connectivity index (χ1v) is 7.00. The van der Waals surface area contributed by atoms with Crippen LogP contribution in [0.5, 0.6) is 0 Å². The molecule has 0 aliphatic carbocycles. The Labute approximate surface area is 110 Å². The lowest BCUT2D eigenvalue weighted by atomic mass is 9.79. The van der Waals surface area contributed by atoms with Crippen molar-refractivity contribution in [2.45, 2.75) is 30.5 Å². The van der Waals surface area contributed by atoms with E-state index in [1.165, 1.54) is 12.1 Å². The molecule has 2 rings (SSSR count). The summed E-state index contributed by atoms with van der Waals surface area (Å²) in [7, 11) is -1.76. The molecule has 2 N–H and O–H groups in total. The predicted molar refractivity (Wildman–Crippen MR) is 71.3 cm³/mol. The second kappa shape index (κ2) is 6.06. The minimum atomic E-state index is -1.76. The van der Waals surface area contributed by atoms with Crippen LogP contribution in [0.15, 0.2) is 18.2 Å². The van der Waals surface area contributed by atoms with Crippen LogP contribution in [-0.2, 0) is 10.5 Å². The van der Waals surface area contributed by atoms with Crippen LogP contribution in [0.25, 0.3) is 0 Å². The average molecular weight is 270 g/mol. The van der Waals surface area contributed by atoms with Gasteiger partial charge in [-0.2, -0.15) is 11.8 Å². The summed E-state index contributed by atoms with van der Waals surface area (Å²) in [5.74, 6) is 0.134. The van der Waals surface area contributed by atoms with Gasteiger partial charge in [0, 0.05) is 23.1 Å². The van der Waals surface area contributed by atoms with Crippen LogP contribution < -0.4 is 5.46 Å². The molecule has 0 bridgehead atoms. The minimum absolute atomic E-state index is 0.0659. The van der Waals surface area contributed by atoms with Gasteiger partial charge in [-0.25, -0.2) is 4.39 Å². The number of rotatable bonds is 4. The maximum Gasteiger partial charge on any atom is 0.491 e. The van der Waals surface area contributed by atoms with Crippen LogP contribution in [0.3, 0.4) is 0 Å². The summed E-state index contributed by atoms with van der Waals surface area (Å²) in [5, 5.41) is 18.5. The highest BCUT2D eigenvalue weighted by Gasteiger charge is 2.24. The summed E-state index contributed by atoms with van der Waals surface area (Å²) >= 11 is 1.76. The third-order valence-electron chi connectivity index (χ3n) is 3.11. The SMILES string of the molecule is CC1OCCC1SCc1ccc(F)c(B(O)O)c1. The Balaban J connectivity index is 1.99. The standard InChI is InChI=1S/C12H16BFO3S/c1-8-12(4-5-17-8)18-7-9-2-3-11(14)10(6-9)13(15)16/h2-3,6,8,12,15-16H,4-5,7H2,1H3. The number of hydrogen-bond acceptors (Lipinski definition) is 4. The fourth-order valence-corrected chi connectivity index (χ4v) is 3.21. The summed E-state index contributed by atoms with van der Waals surface area (Å²) < 4.78 is 18.8. The summed E-state index contributed by atoms with van der Waals surface area (Å²) in [6.07, 6.45) is 1.28. The van der Waals surface area contributed by atoms with E-state index in [9.17, 15) is 4.39 Å². The van der Waals surface area contributed by atoms with Crippen LogP contribution in [0.1, 0.15) is 18.9 Å². The highest BCUT2D eigenvalue weighted by atomic mass is 32.2. The van der Waals surface area contributed by atoms with E-state index >= 15 is 0 Å². The topological polar surface area (TPSA) is 49.7 Å². The Bertz CT molecular complexity index is 416. The minimum Gasteiger partial charge on any atom is -0.423 e. The van der Waals surface area contributed by atoms with Crippen molar-refractivity contribution in [1.29, 1.82) is 0 Å². The van der Waals surface area contributed by atoms with Gasteiger partial charge >= 0.3 is 7.12 Å². The normalized spacial score (nSPS) is 23.3. The first kappa shape index (κ1) is 13.9. The molecule has 1 saturated heterocycles. The molecule has 0 saturated carbocycles. The summed E-state index contributed by atoms with van der Waals surface area (Å²) in [6.45, 7) is 2.85. The molecular formula is C12H16BFO3S. The van der Waals surface area contributed by atoms with Gasteiger partial charge in [0.1, 0.15) is 5.82 Å². The number of benzene rings is 1. The van der Waals surface area contributed by atoms with Gasteiger partial charge in [0.15, 0.2) is 0 Å². The number of hydrogen-bond donors (Lipinski definition) is 2. The molecule has 6 heteroatoms. The zero-order valence-electron chi connectivity index (χ0n) is 10.2. The van der Waals surface area contributed by atoms with Gasteiger partial charge in [-0.15, -0.1) is 0 Å². The summed E-state index contributed by atoms with van der Waals surface area (Å²) in [4.78, 5) is 0. The van der Waals surface area contributed by atoms with Crippen molar-refractivity contribution in [3.05, 3.63) is 29.6 Å². The van der Waals surface area contributed by atoms with Gasteiger partial charge in [-0.3, -0.25) is 0 Å². The van der Waals surface area contributed by atoms with Gasteiger partial charge < -0.3 is 14.8 Å². The van der Waals surface area contributed by atoms with Crippen molar-refractivity contribution in [2.24, 2.45) is 0 Å². The average Bonchev–Trinajstić information content (AvgIpc) is 2.73. The van der Waals surface area contributed by atoms with Crippen LogP contribution >= 0.6 is 11.8 Å². The molecule has 0 spiro atoms. The Morgan fingerprint density at radius 1 is 1.50 bits per heavy atom. The highest BCUT2D eigenvalue weighted by molar-refractivity contribution is 7.99. The third kappa shape index (κ3) is 3.26. The summed E-state index contributed by atoms with van der Waals surface area (Å²) in [5.41, 5.74) is 0.826. The molecule has 1 fully saturated rings. The van der Waals surface area contributed by atoms with Crippen LogP contribution in [0.2, 0.25) is 0 Å². The van der Waals surface area contributed by atoms with E-state index in [4.69, 9.17) is 14.8 Å². The lowest BCUT2D eigenvalue weighted by Crippen LogP contribution is -2.33. The zero-order chi connectivity index (χ0) is 13.1. The zero-order valence-corrected chi connectivity index (χ0v) is 11.0. The lowest BCUT2D eigenvalue weighted by Gasteiger charge is -2.14. The Hall–Kier alpha value is -0.555. The van der Waals surface area contributed by atoms with Crippen LogP contribution in [-0.4, -0.2) is 35.1 Å². The molecule has 1 heterocycles. The fourth-order valence-electron chi connectivity index (χ4n) is 2.02. The van der Waals surface area contributed by atoms with E-state index in [0.717, 1.165) is 24.3 Å². The quantitative estimate of drug-likeness (QED) is 0.799. The van der Waals surface area contributed by atoms with Gasteiger partial charge in [0.05, 0.1) is 6.10 Å². The number of thioether (sulfide) groups is 1. The first-order valence-electron chi connectivity index (χ1n) is 5.95. The molecule has 2 atom stereocenters. The van der Waals surface area contributed by atoms with Crippen LogP contribution in [0, 0.1) is 5.82 Å². The molecule has 3 nitrogen and oxygen atoms in total. The van der Waals surface area contributed by atoms with Crippen molar-refractivity contribution in [2.75, 3.05) is 6.61 Å². The second-order valence-corrected chi connectivity index (χ2v) is 5.67. The molecule has 2 unspecified atom stereocenters. The molecule has 98 valence electrons. The highest BCUT2D eigenvalue weighted by Crippen LogP contribution is 2.28. The van der Waals surface area contributed by atoms with E-state index in [-0.39, 0.29) is 11.6 Å². The second-order valence-electron chi connectivity index (χ2n) is 4.44. The van der Waals surface area contributed by atoms with E-state index in [1.54, 1.807) is 17.8 Å². The molecule has 1 aliphatic heterocycles. The Kier molecular flexibility index (Phi) is 4.67. The molecule has 0 aromatic heterocycles. The van der Waals surface area contributed by atoms with Crippen molar-refractivity contribution < 1.29 is 19.2 Å². The molecular weight excluding hydrogens is 254 g/mol. The van der Waals surface area contributed by atoms with E-state index in [0.29, 0.717) is 5.25 Å². The summed E-state index contributed by atoms with van der Waals surface area (Å²) in [6, 6.07) is 4.46. The lowest BCUT2D eigenvalue weighted by molar-refractivity contribution is 0.127. The molecule has 1 aromatic carbocycles. The van der Waals surface area contributed by atoms with Gasteiger partial charge in [-0.05, 0) is 25.0 Å². The van der Waals surface area contributed by atoms with E-state index in [1.807, 2.05) is 0 Å². The van der Waals surface area contributed by atoms with Crippen molar-refractivity contribution in [3.8, 4) is 0 Å². The smallest absolute Gasteiger partial charge is 0.423 e. The third-order valence-corrected chi connectivity index (χ3v) is 4.66. The molecule has 0 amide bonds. The van der Waals surface area contributed by atoms with Gasteiger partial charge in [-0.1, -0.05) is 12.1 Å². The Morgan fingerprint density at radius 3 is 2.89 bits per heavy atom. The molecule has 1 aromatic rings. The Morgan fingerprint density at radius 2 is 2.28 bits per heavy atom. The van der Waals surface area contributed by atoms with Crippen molar-refractivity contribution >= 4 is 24.3 Å². The van der Waals surface area contributed by atoms with E-state index in [2.05, 4.69) is 6.92 Å². The monoisotopic (exact) mass is 270 g/mol. The van der Waals surface area contributed by atoms with Gasteiger partial charge in [0.2, 0.25) is 0 Å². The largest absolute Gasteiger partial charge is 0.491 e. The van der Waals surface area contributed by atoms with E-state index < -0.39 is 12.9 Å². The maximum atomic E-state index is 13.3. The first-order chi connectivity index (χ1) is 8.58. The van der Waals surface area contributed by atoms with Crippen LogP contribution in [0.4, 0.5) is 4.39 Å². The fraction of sp³-hybridized carbons (Fsp3) is 0.500. The number of halogens is 1. The van der Waals surface area contributed by atoms with Gasteiger partial charge in [0.25, 0.3) is 0 Å². The molecule has 18 heavy (non-hydrogen) atoms. The predicted octanol–water partition coefficient (Wildman–Crippen LogP) is 0.916. The van der Waals surface area contributed by atoms with Crippen molar-refractivity contribution in [1.82, 2.24) is 0 Å². The molecule has 1 aliphatic rings. The maximum absolute atomic E-state index is 13.3. The van der Waals surface area contributed by atoms with Crippen molar-refractivity contribution in [3.63, 3.8) is 0 Å². The number of ether oxygens (including phenoxy) is 1. The molecule has 0 radical (unpaired) electrons.